The molecule has 0 aromatic carbocycles. The topological polar surface area (TPSA) is 80.4 Å². The Labute approximate surface area is 97.0 Å². The lowest BCUT2D eigenvalue weighted by Gasteiger charge is -1.97. The minimum atomic E-state index is -0.713. The molecule has 0 fully saturated rings. The van der Waals surface area contributed by atoms with Crippen molar-refractivity contribution in [3.63, 3.8) is 0 Å². The highest BCUT2D eigenvalue weighted by molar-refractivity contribution is 9.11. The summed E-state index contributed by atoms with van der Waals surface area (Å²) in [6.07, 6.45) is 3.01. The fraction of sp³-hybridized carbons (Fsp3) is 0. The molecule has 2 amide bonds. The van der Waals surface area contributed by atoms with Crippen molar-refractivity contribution in [2.45, 2.75) is 0 Å². The number of amides is 2. The molecule has 0 bridgehead atoms. The zero-order valence-corrected chi connectivity index (χ0v) is 10.0. The second-order valence-corrected chi connectivity index (χ2v) is 4.02. The minimum Gasteiger partial charge on any atom is -0.350 e. The van der Waals surface area contributed by atoms with E-state index < -0.39 is 6.03 Å². The Balaban J connectivity index is 2.76. The Morgan fingerprint density at radius 2 is 2.36 bits per heavy atom. The molecule has 0 atom stereocenters. The molecule has 1 aromatic rings. The molecule has 3 N–H and O–H groups in total. The number of primary amides is 1. The number of urea groups is 1. The Morgan fingerprint density at radius 3 is 2.93 bits per heavy atom. The van der Waals surface area contributed by atoms with Crippen LogP contribution in [0.2, 0.25) is 0 Å². The van der Waals surface area contributed by atoms with Gasteiger partial charge in [-0.15, -0.1) is 0 Å². The number of halogens is 2. The summed E-state index contributed by atoms with van der Waals surface area (Å²) in [6.45, 7) is 0. The molecule has 7 heteroatoms. The van der Waals surface area contributed by atoms with Crippen LogP contribution in [-0.2, 0) is 0 Å². The van der Waals surface area contributed by atoms with Crippen molar-refractivity contribution in [3.05, 3.63) is 26.9 Å². The quantitative estimate of drug-likeness (QED) is 0.641. The molecule has 5 nitrogen and oxygen atoms in total. The summed E-state index contributed by atoms with van der Waals surface area (Å²) in [5.41, 5.74) is 7.49. The SMILES string of the molecule is NC(=O)N/N=C/c1ncc(Br)cc1Br. The van der Waals surface area contributed by atoms with E-state index in [-0.39, 0.29) is 0 Å². The average molecular weight is 322 g/mol. The Morgan fingerprint density at radius 1 is 1.64 bits per heavy atom. The lowest BCUT2D eigenvalue weighted by Crippen LogP contribution is -2.24. The lowest BCUT2D eigenvalue weighted by molar-refractivity contribution is 0.249. The van der Waals surface area contributed by atoms with Crippen molar-refractivity contribution in [3.8, 4) is 0 Å². The molecule has 0 spiro atoms. The van der Waals surface area contributed by atoms with Crippen molar-refractivity contribution in [2.24, 2.45) is 10.8 Å². The summed E-state index contributed by atoms with van der Waals surface area (Å²) in [7, 11) is 0. The zero-order valence-electron chi connectivity index (χ0n) is 6.87. The van der Waals surface area contributed by atoms with Crippen LogP contribution in [0.5, 0.6) is 0 Å². The highest BCUT2D eigenvalue weighted by Crippen LogP contribution is 2.17. The van der Waals surface area contributed by atoms with E-state index in [9.17, 15) is 4.79 Å². The first-order valence-corrected chi connectivity index (χ1v) is 5.08. The minimum absolute atomic E-state index is 0.599. The standard InChI is InChI=1S/C7H6Br2N4O/c8-4-1-5(9)6(11-2-4)3-12-13-7(10)14/h1-3H,(H3,10,13,14)/b12-3+. The van der Waals surface area contributed by atoms with E-state index in [0.29, 0.717) is 5.69 Å². The number of carbonyl (C=O) groups is 1. The number of hydrazone groups is 1. The fourth-order valence-corrected chi connectivity index (χ4v) is 1.77. The van der Waals surface area contributed by atoms with E-state index in [1.165, 1.54) is 6.21 Å². The first-order chi connectivity index (χ1) is 6.59. The van der Waals surface area contributed by atoms with Crippen molar-refractivity contribution in [1.82, 2.24) is 10.4 Å². The highest BCUT2D eigenvalue weighted by Gasteiger charge is 1.98. The van der Waals surface area contributed by atoms with Gasteiger partial charge in [-0.1, -0.05) is 0 Å². The van der Waals surface area contributed by atoms with Crippen LogP contribution in [0.4, 0.5) is 4.79 Å². The number of nitrogens with zero attached hydrogens (tertiary/aromatic N) is 2. The van der Waals surface area contributed by atoms with E-state index in [4.69, 9.17) is 5.73 Å². The van der Waals surface area contributed by atoms with Gasteiger partial charge in [-0.3, -0.25) is 4.98 Å². The number of aromatic nitrogens is 1. The van der Waals surface area contributed by atoms with Gasteiger partial charge in [0.1, 0.15) is 0 Å². The number of hydrogen-bond donors (Lipinski definition) is 2. The molecule has 1 aromatic heterocycles. The summed E-state index contributed by atoms with van der Waals surface area (Å²) in [5, 5.41) is 3.57. The normalized spacial score (nSPS) is 10.4. The van der Waals surface area contributed by atoms with Gasteiger partial charge in [0.05, 0.1) is 11.9 Å². The Kier molecular flexibility index (Phi) is 4.02. The first kappa shape index (κ1) is 11.1. The van der Waals surface area contributed by atoms with Crippen LogP contribution in [0, 0.1) is 0 Å². The van der Waals surface area contributed by atoms with E-state index in [1.54, 1.807) is 6.20 Å². The van der Waals surface area contributed by atoms with Crippen molar-refractivity contribution in [2.75, 3.05) is 0 Å². The molecule has 74 valence electrons. The zero-order chi connectivity index (χ0) is 10.6. The van der Waals surface area contributed by atoms with Gasteiger partial charge in [0, 0.05) is 15.1 Å². The van der Waals surface area contributed by atoms with Crippen LogP contribution in [0.15, 0.2) is 26.3 Å². The third kappa shape index (κ3) is 3.43. The molecule has 0 unspecified atom stereocenters. The van der Waals surface area contributed by atoms with Gasteiger partial charge in [0.2, 0.25) is 0 Å². The second-order valence-electron chi connectivity index (χ2n) is 2.25. The molecule has 0 radical (unpaired) electrons. The number of nitrogens with one attached hydrogen (secondary N) is 1. The van der Waals surface area contributed by atoms with Crippen LogP contribution in [0.3, 0.4) is 0 Å². The summed E-state index contributed by atoms with van der Waals surface area (Å²) in [5.74, 6) is 0. The lowest BCUT2D eigenvalue weighted by atomic mass is 10.4. The van der Waals surface area contributed by atoms with E-state index in [1.807, 2.05) is 6.07 Å². The van der Waals surface area contributed by atoms with Crippen LogP contribution in [-0.4, -0.2) is 17.2 Å². The summed E-state index contributed by atoms with van der Waals surface area (Å²) in [4.78, 5) is 14.3. The molecule has 0 saturated carbocycles. The van der Waals surface area contributed by atoms with Crippen molar-refractivity contribution >= 4 is 44.1 Å². The largest absolute Gasteiger partial charge is 0.350 e. The van der Waals surface area contributed by atoms with Gasteiger partial charge in [-0.2, -0.15) is 5.10 Å². The predicted molar refractivity (Wildman–Crippen MR) is 60.0 cm³/mol. The maximum Gasteiger partial charge on any atom is 0.332 e. The molecule has 0 aliphatic rings. The number of carbonyl (C=O) groups excluding carboxylic acids is 1. The monoisotopic (exact) mass is 320 g/mol. The molecule has 1 rings (SSSR count). The third-order valence-electron chi connectivity index (χ3n) is 1.20. The smallest absolute Gasteiger partial charge is 0.332 e. The first-order valence-electron chi connectivity index (χ1n) is 3.49. The van der Waals surface area contributed by atoms with Gasteiger partial charge in [0.25, 0.3) is 0 Å². The van der Waals surface area contributed by atoms with E-state index >= 15 is 0 Å². The third-order valence-corrected chi connectivity index (χ3v) is 2.27. The molecule has 1 heterocycles. The van der Waals surface area contributed by atoms with Crippen molar-refractivity contribution in [1.29, 1.82) is 0 Å². The van der Waals surface area contributed by atoms with Gasteiger partial charge in [-0.25, -0.2) is 10.2 Å². The predicted octanol–water partition coefficient (Wildman–Crippen LogP) is 1.61. The van der Waals surface area contributed by atoms with Crippen LogP contribution in [0.25, 0.3) is 0 Å². The van der Waals surface area contributed by atoms with E-state index in [0.717, 1.165) is 8.95 Å². The van der Waals surface area contributed by atoms with Crippen LogP contribution in [0.1, 0.15) is 5.69 Å². The number of hydrogen-bond acceptors (Lipinski definition) is 3. The van der Waals surface area contributed by atoms with Crippen LogP contribution >= 0.6 is 31.9 Å². The number of nitrogens with two attached hydrogens (primary N) is 1. The average Bonchev–Trinajstić information content (AvgIpc) is 2.08. The Hall–Kier alpha value is -0.950. The second kappa shape index (κ2) is 5.06. The molecular formula is C7H6Br2N4O. The van der Waals surface area contributed by atoms with Gasteiger partial charge >= 0.3 is 6.03 Å². The van der Waals surface area contributed by atoms with Crippen molar-refractivity contribution < 1.29 is 4.79 Å². The summed E-state index contributed by atoms with van der Waals surface area (Å²) < 4.78 is 1.62. The maximum absolute atomic E-state index is 10.3. The molecule has 0 aliphatic heterocycles. The summed E-state index contributed by atoms with van der Waals surface area (Å²) in [6, 6.07) is 1.10. The Bertz CT molecular complexity index is 380. The molecule has 0 aliphatic carbocycles. The van der Waals surface area contributed by atoms with E-state index in [2.05, 4.69) is 47.4 Å². The number of pyridine rings is 1. The molecule has 14 heavy (non-hydrogen) atoms. The van der Waals surface area contributed by atoms with Gasteiger partial charge < -0.3 is 5.73 Å². The fourth-order valence-electron chi connectivity index (χ4n) is 0.677. The highest BCUT2D eigenvalue weighted by atomic mass is 79.9. The van der Waals surface area contributed by atoms with Gasteiger partial charge in [0.15, 0.2) is 0 Å². The summed E-state index contributed by atoms with van der Waals surface area (Å²) >= 11 is 6.55. The number of rotatable bonds is 2. The van der Waals surface area contributed by atoms with Crippen LogP contribution < -0.4 is 11.2 Å². The van der Waals surface area contributed by atoms with Gasteiger partial charge in [-0.05, 0) is 37.9 Å². The molecule has 0 saturated heterocycles. The maximum atomic E-state index is 10.3. The molecular weight excluding hydrogens is 316 g/mol.